The highest BCUT2D eigenvalue weighted by Crippen LogP contribution is 2.16. The van der Waals surface area contributed by atoms with Crippen LogP contribution >= 0.6 is 11.3 Å². The standard InChI is InChI=1S/C10H13N3O2S2/c1-7-9(8(2)13-12-7)6-11-17(14,15)10-4-3-5-16-10/h3-5,11H,6H2,1-2H3,(H,12,13). The largest absolute Gasteiger partial charge is 0.282 e. The first-order valence-corrected chi connectivity index (χ1v) is 7.40. The summed E-state index contributed by atoms with van der Waals surface area (Å²) in [5, 5.41) is 8.59. The van der Waals surface area contributed by atoms with Crippen molar-refractivity contribution in [3.05, 3.63) is 34.5 Å². The van der Waals surface area contributed by atoms with Crippen LogP contribution in [0.15, 0.2) is 21.7 Å². The van der Waals surface area contributed by atoms with Crippen molar-refractivity contribution in [3.8, 4) is 0 Å². The first-order valence-electron chi connectivity index (χ1n) is 5.04. The Balaban J connectivity index is 2.14. The second-order valence-electron chi connectivity index (χ2n) is 3.67. The minimum absolute atomic E-state index is 0.258. The highest BCUT2D eigenvalue weighted by Gasteiger charge is 2.16. The molecule has 0 aromatic carbocycles. The normalized spacial score (nSPS) is 11.9. The maximum atomic E-state index is 11.9. The van der Waals surface area contributed by atoms with Gasteiger partial charge in [-0.3, -0.25) is 5.10 Å². The highest BCUT2D eigenvalue weighted by molar-refractivity contribution is 7.91. The average molecular weight is 271 g/mol. The van der Waals surface area contributed by atoms with Crippen LogP contribution < -0.4 is 4.72 Å². The van der Waals surface area contributed by atoms with Crippen LogP contribution in [0.4, 0.5) is 0 Å². The predicted octanol–water partition coefficient (Wildman–Crippen LogP) is 1.57. The van der Waals surface area contributed by atoms with Gasteiger partial charge in [0.05, 0.1) is 5.69 Å². The minimum Gasteiger partial charge on any atom is -0.282 e. The average Bonchev–Trinajstić information content (AvgIpc) is 2.88. The van der Waals surface area contributed by atoms with Gasteiger partial charge < -0.3 is 0 Å². The van der Waals surface area contributed by atoms with Gasteiger partial charge in [0, 0.05) is 17.8 Å². The van der Waals surface area contributed by atoms with E-state index in [1.807, 2.05) is 13.8 Å². The molecule has 0 unspecified atom stereocenters. The first-order chi connectivity index (χ1) is 8.00. The van der Waals surface area contributed by atoms with Crippen molar-refractivity contribution >= 4 is 21.4 Å². The van der Waals surface area contributed by atoms with Gasteiger partial charge in [0.2, 0.25) is 10.0 Å². The Kier molecular flexibility index (Phi) is 3.32. The third-order valence-corrected chi connectivity index (χ3v) is 5.28. The third-order valence-electron chi connectivity index (χ3n) is 2.48. The van der Waals surface area contributed by atoms with E-state index in [2.05, 4.69) is 14.9 Å². The summed E-state index contributed by atoms with van der Waals surface area (Å²) in [7, 11) is -3.40. The molecule has 0 saturated heterocycles. The van der Waals surface area contributed by atoms with Crippen LogP contribution in [0.5, 0.6) is 0 Å². The number of hydrogen-bond donors (Lipinski definition) is 2. The minimum atomic E-state index is -3.40. The smallest absolute Gasteiger partial charge is 0.250 e. The number of aryl methyl sites for hydroxylation is 2. The lowest BCUT2D eigenvalue weighted by molar-refractivity contribution is 0.583. The lowest BCUT2D eigenvalue weighted by Crippen LogP contribution is -2.22. The Hall–Kier alpha value is -1.18. The predicted molar refractivity (Wildman–Crippen MR) is 66.4 cm³/mol. The van der Waals surface area contributed by atoms with Crippen molar-refractivity contribution in [3.63, 3.8) is 0 Å². The number of hydrogen-bond acceptors (Lipinski definition) is 4. The van der Waals surface area contributed by atoms with Gasteiger partial charge in [0.15, 0.2) is 0 Å². The Morgan fingerprint density at radius 2 is 2.24 bits per heavy atom. The summed E-state index contributed by atoms with van der Waals surface area (Å²) in [6.45, 7) is 3.97. The number of aromatic nitrogens is 2. The molecule has 0 bridgehead atoms. The SMILES string of the molecule is Cc1n[nH]c(C)c1CNS(=O)(=O)c1cccs1. The number of nitrogens with zero attached hydrogens (tertiary/aromatic N) is 1. The Morgan fingerprint density at radius 3 is 2.76 bits per heavy atom. The fourth-order valence-electron chi connectivity index (χ4n) is 1.49. The number of rotatable bonds is 4. The molecule has 0 spiro atoms. The van der Waals surface area contributed by atoms with E-state index in [1.165, 1.54) is 11.3 Å². The van der Waals surface area contributed by atoms with Crippen molar-refractivity contribution in [2.75, 3.05) is 0 Å². The number of aromatic amines is 1. The second-order valence-corrected chi connectivity index (χ2v) is 6.61. The number of thiophene rings is 1. The van der Waals surface area contributed by atoms with E-state index < -0.39 is 10.0 Å². The van der Waals surface area contributed by atoms with Crippen LogP contribution in [0.25, 0.3) is 0 Å². The van der Waals surface area contributed by atoms with E-state index in [0.29, 0.717) is 4.21 Å². The lowest BCUT2D eigenvalue weighted by atomic mass is 10.2. The van der Waals surface area contributed by atoms with Gasteiger partial charge in [-0.25, -0.2) is 13.1 Å². The summed E-state index contributed by atoms with van der Waals surface area (Å²) in [6, 6.07) is 3.30. The van der Waals surface area contributed by atoms with Gasteiger partial charge in [-0.1, -0.05) is 6.07 Å². The Labute approximate surface area is 104 Å². The van der Waals surface area contributed by atoms with Crippen molar-refractivity contribution in [2.45, 2.75) is 24.6 Å². The van der Waals surface area contributed by atoms with E-state index in [-0.39, 0.29) is 6.54 Å². The summed E-state index contributed by atoms with van der Waals surface area (Å²) in [5.41, 5.74) is 2.60. The van der Waals surface area contributed by atoms with Crippen molar-refractivity contribution in [1.82, 2.24) is 14.9 Å². The summed E-state index contributed by atoms with van der Waals surface area (Å²) in [5.74, 6) is 0. The summed E-state index contributed by atoms with van der Waals surface area (Å²) in [6.07, 6.45) is 0. The molecule has 2 heterocycles. The number of sulfonamides is 1. The van der Waals surface area contributed by atoms with Gasteiger partial charge in [-0.15, -0.1) is 11.3 Å². The third kappa shape index (κ3) is 2.56. The van der Waals surface area contributed by atoms with Crippen LogP contribution in [-0.2, 0) is 16.6 Å². The molecular weight excluding hydrogens is 258 g/mol. The molecule has 0 saturated carbocycles. The molecule has 0 aliphatic rings. The van der Waals surface area contributed by atoms with Crippen molar-refractivity contribution in [1.29, 1.82) is 0 Å². The molecule has 0 amide bonds. The fraction of sp³-hybridized carbons (Fsp3) is 0.300. The van der Waals surface area contributed by atoms with E-state index in [9.17, 15) is 8.42 Å². The van der Waals surface area contributed by atoms with E-state index in [0.717, 1.165) is 17.0 Å². The molecule has 2 rings (SSSR count). The van der Waals surface area contributed by atoms with E-state index >= 15 is 0 Å². The van der Waals surface area contributed by atoms with Gasteiger partial charge in [0.25, 0.3) is 0 Å². The second kappa shape index (κ2) is 4.59. The van der Waals surface area contributed by atoms with Crippen LogP contribution in [0.1, 0.15) is 17.0 Å². The maximum absolute atomic E-state index is 11.9. The van der Waals surface area contributed by atoms with Crippen molar-refractivity contribution < 1.29 is 8.42 Å². The van der Waals surface area contributed by atoms with Crippen LogP contribution in [-0.4, -0.2) is 18.6 Å². The first kappa shape index (κ1) is 12.3. The molecular formula is C10H13N3O2S2. The molecule has 7 heteroatoms. The van der Waals surface area contributed by atoms with Gasteiger partial charge >= 0.3 is 0 Å². The molecule has 0 radical (unpaired) electrons. The molecule has 5 nitrogen and oxygen atoms in total. The highest BCUT2D eigenvalue weighted by atomic mass is 32.2. The Bertz CT molecular complexity index is 580. The van der Waals surface area contributed by atoms with Crippen LogP contribution in [0.3, 0.4) is 0 Å². The lowest BCUT2D eigenvalue weighted by Gasteiger charge is -2.04. The quantitative estimate of drug-likeness (QED) is 0.886. The number of nitrogens with one attached hydrogen (secondary N) is 2. The van der Waals surface area contributed by atoms with E-state index in [1.54, 1.807) is 17.5 Å². The monoisotopic (exact) mass is 271 g/mol. The molecule has 0 atom stereocenters. The van der Waals surface area contributed by atoms with Crippen molar-refractivity contribution in [2.24, 2.45) is 0 Å². The molecule has 0 aliphatic heterocycles. The molecule has 2 N–H and O–H groups in total. The van der Waals surface area contributed by atoms with Crippen LogP contribution in [0.2, 0.25) is 0 Å². The molecule has 2 aromatic heterocycles. The molecule has 0 fully saturated rings. The van der Waals surface area contributed by atoms with E-state index in [4.69, 9.17) is 0 Å². The summed E-state index contributed by atoms with van der Waals surface area (Å²) >= 11 is 1.20. The summed E-state index contributed by atoms with van der Waals surface area (Å²) < 4.78 is 26.7. The molecule has 92 valence electrons. The number of H-pyrrole nitrogens is 1. The van der Waals surface area contributed by atoms with Gasteiger partial charge in [-0.2, -0.15) is 5.10 Å². The molecule has 17 heavy (non-hydrogen) atoms. The maximum Gasteiger partial charge on any atom is 0.250 e. The zero-order valence-corrected chi connectivity index (χ0v) is 11.2. The van der Waals surface area contributed by atoms with Crippen LogP contribution in [0, 0.1) is 13.8 Å². The molecule has 2 aromatic rings. The summed E-state index contributed by atoms with van der Waals surface area (Å²) in [4.78, 5) is 0. The fourth-order valence-corrected chi connectivity index (χ4v) is 3.52. The zero-order valence-electron chi connectivity index (χ0n) is 9.52. The zero-order chi connectivity index (χ0) is 12.5. The van der Waals surface area contributed by atoms with Gasteiger partial charge in [-0.05, 0) is 25.3 Å². The Morgan fingerprint density at radius 1 is 1.47 bits per heavy atom. The van der Waals surface area contributed by atoms with Gasteiger partial charge in [0.1, 0.15) is 4.21 Å². The topological polar surface area (TPSA) is 74.8 Å². The molecule has 0 aliphatic carbocycles.